The minimum Gasteiger partial charge on any atom is -0.463 e. The Kier molecular flexibility index (Phi) is 8.88. The molecule has 0 bridgehead atoms. The molecule has 1 saturated heterocycles. The Morgan fingerprint density at radius 1 is 1.22 bits per heavy atom. The van der Waals surface area contributed by atoms with Crippen molar-refractivity contribution in [3.8, 4) is 12.1 Å². The number of rotatable bonds is 9. The number of hydrogen-bond acceptors (Lipinski definition) is 9. The monoisotopic (exact) mass is 629 g/mol. The highest BCUT2D eigenvalue weighted by atomic mass is 19.1. The maximum absolute atomic E-state index is 13.9. The average molecular weight is 630 g/mol. The van der Waals surface area contributed by atoms with Crippen molar-refractivity contribution < 1.29 is 13.9 Å². The third-order valence-corrected chi connectivity index (χ3v) is 9.97. The van der Waals surface area contributed by atoms with Crippen molar-refractivity contribution in [1.29, 1.82) is 5.26 Å². The molecule has 2 aliphatic heterocycles. The molecular formula is C34H44FN9O2. The van der Waals surface area contributed by atoms with Crippen LogP contribution in [0.25, 0.3) is 10.9 Å². The number of halogens is 1. The number of fused-ring (bicyclic) bond motifs is 2. The summed E-state index contributed by atoms with van der Waals surface area (Å²) in [6.45, 7) is 11.5. The first kappa shape index (κ1) is 31.7. The van der Waals surface area contributed by atoms with E-state index < -0.39 is 17.8 Å². The van der Waals surface area contributed by atoms with Gasteiger partial charge in [0.05, 0.1) is 54.8 Å². The highest BCUT2D eigenvalue weighted by Gasteiger charge is 2.39. The van der Waals surface area contributed by atoms with Crippen LogP contribution in [0.15, 0.2) is 24.7 Å². The number of aryl methyl sites for hydroxylation is 1. The van der Waals surface area contributed by atoms with E-state index in [4.69, 9.17) is 14.7 Å². The molecule has 6 rings (SSSR count). The number of aromatic nitrogens is 4. The molecule has 1 atom stereocenters. The topological polar surface area (TPSA) is 118 Å². The minimum absolute atomic E-state index is 0.0794. The zero-order valence-electron chi connectivity index (χ0n) is 27.4. The SMILES string of the molecule is C=C(F)C(=O)N1CCN(c2nc(OCC3(CN(C)C)CCC3)nc3c2CCCN(c2c(C)c(C)cc4[nH]ncc24)C3)C[C@@H]1CC#N. The number of aromatic amines is 1. The molecule has 0 radical (unpaired) electrons. The van der Waals surface area contributed by atoms with E-state index in [2.05, 4.69) is 71.6 Å². The van der Waals surface area contributed by atoms with Crippen molar-refractivity contribution in [2.24, 2.45) is 5.41 Å². The number of piperazine rings is 1. The lowest BCUT2D eigenvalue weighted by atomic mass is 9.69. The summed E-state index contributed by atoms with van der Waals surface area (Å²) < 4.78 is 20.4. The number of carbonyl (C=O) groups is 1. The van der Waals surface area contributed by atoms with Gasteiger partial charge in [-0.05, 0) is 70.8 Å². The van der Waals surface area contributed by atoms with E-state index in [1.165, 1.54) is 22.4 Å². The summed E-state index contributed by atoms with van der Waals surface area (Å²) in [6, 6.07) is 4.18. The van der Waals surface area contributed by atoms with Gasteiger partial charge in [0, 0.05) is 49.1 Å². The zero-order valence-corrected chi connectivity index (χ0v) is 27.4. The van der Waals surface area contributed by atoms with Crippen LogP contribution < -0.4 is 14.5 Å². The van der Waals surface area contributed by atoms with Crippen LogP contribution >= 0.6 is 0 Å². The molecule has 11 nitrogen and oxygen atoms in total. The van der Waals surface area contributed by atoms with Gasteiger partial charge in [-0.2, -0.15) is 20.3 Å². The number of ether oxygens (including phenoxy) is 1. The van der Waals surface area contributed by atoms with E-state index in [-0.39, 0.29) is 18.4 Å². The number of H-pyrrole nitrogens is 1. The second kappa shape index (κ2) is 12.9. The Hall–Kier alpha value is -4.24. The molecule has 1 N–H and O–H groups in total. The largest absolute Gasteiger partial charge is 0.463 e. The zero-order chi connectivity index (χ0) is 32.6. The van der Waals surface area contributed by atoms with E-state index in [1.807, 2.05) is 6.20 Å². The Balaban J connectivity index is 1.37. The first-order valence-electron chi connectivity index (χ1n) is 16.2. The Labute approximate surface area is 270 Å². The number of hydrogen-bond donors (Lipinski definition) is 1. The fourth-order valence-corrected chi connectivity index (χ4v) is 7.49. The molecule has 1 amide bonds. The van der Waals surface area contributed by atoms with Crippen LogP contribution in [0.3, 0.4) is 0 Å². The molecule has 12 heteroatoms. The fraction of sp³-hybridized carbons (Fsp3) is 0.559. The van der Waals surface area contributed by atoms with Gasteiger partial charge in [0.25, 0.3) is 5.91 Å². The van der Waals surface area contributed by atoms with Crippen LogP contribution in [-0.2, 0) is 17.8 Å². The lowest BCUT2D eigenvalue weighted by Crippen LogP contribution is -2.55. The third-order valence-electron chi connectivity index (χ3n) is 9.97. The molecule has 2 aromatic heterocycles. The van der Waals surface area contributed by atoms with E-state index in [9.17, 15) is 14.4 Å². The van der Waals surface area contributed by atoms with E-state index >= 15 is 0 Å². The summed E-state index contributed by atoms with van der Waals surface area (Å²) in [5.41, 5.74) is 6.63. The smallest absolute Gasteiger partial charge is 0.318 e. The molecular weight excluding hydrogens is 585 g/mol. The standard InChI is InChI=1S/C34H44FN9O2/c1-22-16-28-27(17-37-40-28)30(23(22)2)42-13-6-8-26-29(19-42)38-33(46-21-34(10-7-11-34)20-41(4)5)39-31(26)43-14-15-44(32(45)24(3)35)25(18-43)9-12-36/h16-17,25H,3,6-11,13-15,18-21H2,1-2,4-5H3,(H,37,40)/t25-/m0/s1. The van der Waals surface area contributed by atoms with Gasteiger partial charge in [0.15, 0.2) is 5.83 Å². The summed E-state index contributed by atoms with van der Waals surface area (Å²) in [5, 5.41) is 18.1. The molecule has 244 valence electrons. The minimum atomic E-state index is -1.01. The van der Waals surface area contributed by atoms with Gasteiger partial charge in [-0.3, -0.25) is 9.89 Å². The highest BCUT2D eigenvalue weighted by Crippen LogP contribution is 2.42. The number of nitriles is 1. The molecule has 46 heavy (non-hydrogen) atoms. The molecule has 0 unspecified atom stereocenters. The second-order valence-electron chi connectivity index (χ2n) is 13.5. The molecule has 3 aliphatic rings. The van der Waals surface area contributed by atoms with Crippen LogP contribution in [0.5, 0.6) is 6.01 Å². The summed E-state index contributed by atoms with van der Waals surface area (Å²) >= 11 is 0. The van der Waals surface area contributed by atoms with Gasteiger partial charge >= 0.3 is 6.01 Å². The summed E-state index contributed by atoms with van der Waals surface area (Å²) in [6.07, 6.45) is 7.05. The van der Waals surface area contributed by atoms with Crippen molar-refractivity contribution in [3.05, 3.63) is 47.1 Å². The van der Waals surface area contributed by atoms with Crippen molar-refractivity contribution in [2.45, 2.75) is 65.0 Å². The van der Waals surface area contributed by atoms with Crippen molar-refractivity contribution in [1.82, 2.24) is 30.0 Å². The second-order valence-corrected chi connectivity index (χ2v) is 13.5. The van der Waals surface area contributed by atoms with Crippen molar-refractivity contribution >= 4 is 28.3 Å². The first-order chi connectivity index (χ1) is 22.1. The molecule has 0 spiro atoms. The molecule has 3 aromatic rings. The average Bonchev–Trinajstić information content (AvgIpc) is 3.35. The van der Waals surface area contributed by atoms with Gasteiger partial charge in [0.2, 0.25) is 0 Å². The Morgan fingerprint density at radius 3 is 2.72 bits per heavy atom. The maximum atomic E-state index is 13.9. The summed E-state index contributed by atoms with van der Waals surface area (Å²) in [7, 11) is 4.19. The van der Waals surface area contributed by atoms with Gasteiger partial charge in [0.1, 0.15) is 5.82 Å². The van der Waals surface area contributed by atoms with Crippen molar-refractivity contribution in [3.63, 3.8) is 0 Å². The highest BCUT2D eigenvalue weighted by molar-refractivity contribution is 5.94. The number of nitrogens with zero attached hydrogens (tertiary/aromatic N) is 8. The van der Waals surface area contributed by atoms with Gasteiger partial charge < -0.3 is 24.3 Å². The van der Waals surface area contributed by atoms with Crippen LogP contribution in [0, 0.1) is 30.6 Å². The van der Waals surface area contributed by atoms with Gasteiger partial charge in [-0.1, -0.05) is 13.0 Å². The fourth-order valence-electron chi connectivity index (χ4n) is 7.49. The van der Waals surface area contributed by atoms with E-state index in [0.29, 0.717) is 32.3 Å². The first-order valence-corrected chi connectivity index (χ1v) is 16.2. The van der Waals surface area contributed by atoms with Crippen LogP contribution in [0.2, 0.25) is 0 Å². The summed E-state index contributed by atoms with van der Waals surface area (Å²) in [5.74, 6) is -0.989. The maximum Gasteiger partial charge on any atom is 0.318 e. The number of carbonyl (C=O) groups excluding carboxylic acids is 1. The quantitative estimate of drug-likeness (QED) is 0.343. The van der Waals surface area contributed by atoms with Crippen LogP contribution in [-0.4, -0.2) is 95.3 Å². The lowest BCUT2D eigenvalue weighted by Gasteiger charge is -2.43. The molecule has 1 aromatic carbocycles. The van der Waals surface area contributed by atoms with Crippen LogP contribution in [0.1, 0.15) is 54.5 Å². The molecule has 2 fully saturated rings. The van der Waals surface area contributed by atoms with Gasteiger partial charge in [-0.25, -0.2) is 4.39 Å². The molecule has 1 saturated carbocycles. The predicted octanol–water partition coefficient (Wildman–Crippen LogP) is 4.45. The number of anilines is 2. The number of benzene rings is 1. The molecule has 4 heterocycles. The van der Waals surface area contributed by atoms with E-state index in [0.717, 1.165) is 72.4 Å². The normalized spacial score (nSPS) is 19.4. The van der Waals surface area contributed by atoms with Crippen molar-refractivity contribution in [2.75, 3.05) is 63.2 Å². The third kappa shape index (κ3) is 6.12. The van der Waals surface area contributed by atoms with Crippen LogP contribution in [0.4, 0.5) is 15.9 Å². The Morgan fingerprint density at radius 2 is 2.02 bits per heavy atom. The van der Waals surface area contributed by atoms with Gasteiger partial charge in [-0.15, -0.1) is 0 Å². The van der Waals surface area contributed by atoms with E-state index in [1.54, 1.807) is 0 Å². The Bertz CT molecular complexity index is 1670. The predicted molar refractivity (Wildman–Crippen MR) is 175 cm³/mol. The lowest BCUT2D eigenvalue weighted by molar-refractivity contribution is -0.131. The summed E-state index contributed by atoms with van der Waals surface area (Å²) in [4.78, 5) is 30.9. The number of amides is 1. The molecule has 1 aliphatic carbocycles. The number of nitrogens with one attached hydrogen (secondary N) is 1.